The molecule has 4 rings (SSSR count). The van der Waals surface area contributed by atoms with Crippen molar-refractivity contribution < 1.29 is 37.6 Å². The van der Waals surface area contributed by atoms with Gasteiger partial charge in [-0.2, -0.15) is 4.31 Å². The van der Waals surface area contributed by atoms with Crippen LogP contribution in [-0.4, -0.2) is 61.8 Å². The number of aromatic nitrogens is 1. The Balaban J connectivity index is 1.52. The summed E-state index contributed by atoms with van der Waals surface area (Å²) in [4.78, 5) is 31.4. The number of amides is 1. The molecular formula is C31H42N3O8S2+. The molecule has 11 nitrogen and oxygen atoms in total. The number of ether oxygens (including phenoxy) is 4. The number of alkyl carbamates (subject to hydrolysis) is 1. The molecule has 2 atom stereocenters. The summed E-state index contributed by atoms with van der Waals surface area (Å²) in [5, 5.41) is 5.65. The van der Waals surface area contributed by atoms with Crippen molar-refractivity contribution in [3.05, 3.63) is 64.1 Å². The number of benzene rings is 2. The largest absolute Gasteiger partial charge is 0.487 e. The van der Waals surface area contributed by atoms with E-state index < -0.39 is 28.5 Å². The van der Waals surface area contributed by atoms with Crippen molar-refractivity contribution in [1.29, 1.82) is 0 Å². The van der Waals surface area contributed by atoms with Crippen LogP contribution in [0.1, 0.15) is 50.9 Å². The Morgan fingerprint density at radius 1 is 1.16 bits per heavy atom. The Morgan fingerprint density at radius 2 is 1.86 bits per heavy atom. The van der Waals surface area contributed by atoms with Gasteiger partial charge in [0.15, 0.2) is 17.3 Å². The van der Waals surface area contributed by atoms with E-state index in [1.165, 1.54) is 4.31 Å². The molecule has 1 amide bonds. The first-order valence-electron chi connectivity index (χ1n) is 14.3. The summed E-state index contributed by atoms with van der Waals surface area (Å²) < 4.78 is 44.1. The van der Waals surface area contributed by atoms with Gasteiger partial charge in [-0.05, 0) is 80.6 Å². The highest BCUT2D eigenvalue weighted by Gasteiger charge is 2.35. The van der Waals surface area contributed by atoms with Crippen LogP contribution < -0.4 is 19.5 Å². The van der Waals surface area contributed by atoms with Crippen molar-refractivity contribution in [3.8, 4) is 17.2 Å². The molecule has 3 aromatic rings. The van der Waals surface area contributed by atoms with Crippen LogP contribution in [0.25, 0.3) is 0 Å². The minimum atomic E-state index is -3.35. The number of hydrogen-bond donors (Lipinski definition) is 2. The monoisotopic (exact) mass is 648 g/mol. The third-order valence-electron chi connectivity index (χ3n) is 6.44. The van der Waals surface area contributed by atoms with E-state index in [0.717, 1.165) is 16.3 Å². The SMILES string of the molecule is Cc1nc(COc2ccc(CC(NC(=O)OC(C)(C)C)C(=O)CN(CC(C)C)S(O)([OH2+])c3ccc4c(c3)OCO4)cc2)cs1. The molecule has 0 spiro atoms. The highest BCUT2D eigenvalue weighted by molar-refractivity contribution is 8.22. The summed E-state index contributed by atoms with van der Waals surface area (Å²) in [6.07, 6.45) is -0.552. The fourth-order valence-electron chi connectivity index (χ4n) is 4.44. The normalized spacial score (nSPS) is 15.5. The Hall–Kier alpha value is -3.36. The standard InChI is InChI=1S/C31H41N3O8S2/c1-20(2)15-34(44(37,38)25-11-12-28-29(14-25)41-19-40-28)16-27(35)26(33-30(36)42-31(4,5)6)13-22-7-9-24(10-8-22)39-17-23-18-43-21(3)32-23/h7-12,14,18,20,26,37-38H,13,15-17,19H2,1-6H3,(H,33,36)/p+1. The Morgan fingerprint density at radius 3 is 2.50 bits per heavy atom. The smallest absolute Gasteiger partial charge is 0.408 e. The van der Waals surface area contributed by atoms with Gasteiger partial charge in [0, 0.05) is 18.0 Å². The average molecular weight is 649 g/mol. The molecule has 13 heteroatoms. The summed E-state index contributed by atoms with van der Waals surface area (Å²) in [6.45, 7) is 11.5. The maximum atomic E-state index is 13.9. The lowest BCUT2D eigenvalue weighted by Crippen LogP contribution is -2.48. The lowest BCUT2D eigenvalue weighted by atomic mass is 10.0. The van der Waals surface area contributed by atoms with Gasteiger partial charge in [-0.1, -0.05) is 26.0 Å². The van der Waals surface area contributed by atoms with E-state index in [-0.39, 0.29) is 38.0 Å². The van der Waals surface area contributed by atoms with Gasteiger partial charge in [0.2, 0.25) is 6.79 Å². The molecule has 0 radical (unpaired) electrons. The van der Waals surface area contributed by atoms with Crippen molar-refractivity contribution in [2.24, 2.45) is 5.92 Å². The number of Topliss-reactive ketones (excluding diaryl/α,β-unsaturated/α-hetero) is 1. The molecule has 4 N–H and O–H groups in total. The number of nitrogens with one attached hydrogen (secondary N) is 1. The van der Waals surface area contributed by atoms with E-state index in [4.69, 9.17) is 23.5 Å². The summed E-state index contributed by atoms with van der Waals surface area (Å²) in [7, 11) is -3.35. The first-order valence-corrected chi connectivity index (χ1v) is 16.7. The molecule has 2 unspecified atom stereocenters. The minimum Gasteiger partial charge on any atom is -0.487 e. The summed E-state index contributed by atoms with van der Waals surface area (Å²) >= 11 is 1.56. The number of nitrogens with zero attached hydrogens (tertiary/aromatic N) is 2. The van der Waals surface area contributed by atoms with Crippen molar-refractivity contribution >= 4 is 34.0 Å². The van der Waals surface area contributed by atoms with E-state index in [0.29, 0.717) is 28.8 Å². The van der Waals surface area contributed by atoms with Gasteiger partial charge >= 0.3 is 6.09 Å². The molecule has 240 valence electrons. The Kier molecular flexibility index (Phi) is 10.8. The number of ketones is 1. The molecule has 1 aliphatic rings. The molecule has 2 aromatic carbocycles. The van der Waals surface area contributed by atoms with Gasteiger partial charge in [-0.3, -0.25) is 4.79 Å². The molecule has 1 aliphatic heterocycles. The number of hydrogen-bond acceptors (Lipinski definition) is 10. The molecule has 0 aliphatic carbocycles. The minimum absolute atomic E-state index is 0.0409. The van der Waals surface area contributed by atoms with Gasteiger partial charge in [0.25, 0.3) is 0 Å². The van der Waals surface area contributed by atoms with Crippen LogP contribution >= 0.6 is 22.1 Å². The number of thiazole rings is 1. The van der Waals surface area contributed by atoms with Crippen LogP contribution in [0.15, 0.2) is 52.7 Å². The second-order valence-electron chi connectivity index (χ2n) is 11.9. The number of fused-ring (bicyclic) bond motifs is 1. The zero-order valence-corrected chi connectivity index (χ0v) is 27.5. The van der Waals surface area contributed by atoms with E-state index >= 15 is 0 Å². The number of aryl methyl sites for hydroxylation is 1. The predicted octanol–water partition coefficient (Wildman–Crippen LogP) is 5.61. The maximum absolute atomic E-state index is 13.9. The second kappa shape index (κ2) is 14.2. The third kappa shape index (κ3) is 9.32. The first-order chi connectivity index (χ1) is 20.7. The summed E-state index contributed by atoms with van der Waals surface area (Å²) in [6, 6.07) is 11.2. The van der Waals surface area contributed by atoms with Gasteiger partial charge < -0.3 is 28.8 Å². The van der Waals surface area contributed by atoms with Crippen LogP contribution in [-0.2, 0) is 22.6 Å². The quantitative estimate of drug-likeness (QED) is 0.226. The van der Waals surface area contributed by atoms with E-state index in [1.54, 1.807) is 62.4 Å². The second-order valence-corrected chi connectivity index (χ2v) is 15.1. The maximum Gasteiger partial charge on any atom is 0.408 e. The topological polar surface area (TPSA) is 142 Å². The predicted molar refractivity (Wildman–Crippen MR) is 171 cm³/mol. The van der Waals surface area contributed by atoms with Gasteiger partial charge in [-0.15, -0.1) is 11.3 Å². The molecule has 0 fully saturated rings. The van der Waals surface area contributed by atoms with Crippen molar-refractivity contribution in [3.63, 3.8) is 0 Å². The Bertz CT molecular complexity index is 1440. The van der Waals surface area contributed by atoms with Crippen molar-refractivity contribution in [1.82, 2.24) is 14.6 Å². The van der Waals surface area contributed by atoms with Crippen LogP contribution in [0.5, 0.6) is 17.2 Å². The van der Waals surface area contributed by atoms with E-state index in [1.807, 2.05) is 38.3 Å². The van der Waals surface area contributed by atoms with Gasteiger partial charge in [-0.25, -0.2) is 14.3 Å². The Labute approximate surface area is 264 Å². The van der Waals surface area contributed by atoms with E-state index in [2.05, 4.69) is 10.3 Å². The fraction of sp³-hybridized carbons (Fsp3) is 0.452. The zero-order valence-electron chi connectivity index (χ0n) is 25.9. The lowest BCUT2D eigenvalue weighted by Gasteiger charge is -2.39. The molecular weight excluding hydrogens is 606 g/mol. The lowest BCUT2D eigenvalue weighted by molar-refractivity contribution is -0.121. The molecule has 0 bridgehead atoms. The fourth-order valence-corrected chi connectivity index (χ4v) is 6.70. The van der Waals surface area contributed by atoms with Crippen molar-refractivity contribution in [2.45, 2.75) is 71.1 Å². The highest BCUT2D eigenvalue weighted by Crippen LogP contribution is 2.54. The van der Waals surface area contributed by atoms with Crippen LogP contribution in [0, 0.1) is 12.8 Å². The molecule has 0 saturated carbocycles. The molecule has 1 aromatic heterocycles. The number of rotatable bonds is 13. The van der Waals surface area contributed by atoms with E-state index in [9.17, 15) is 14.1 Å². The van der Waals surface area contributed by atoms with Crippen molar-refractivity contribution in [2.75, 3.05) is 19.9 Å². The van der Waals surface area contributed by atoms with Crippen LogP contribution in [0.4, 0.5) is 4.79 Å². The highest BCUT2D eigenvalue weighted by atomic mass is 32.3. The third-order valence-corrected chi connectivity index (χ3v) is 9.20. The van der Waals surface area contributed by atoms with Gasteiger partial charge in [0.1, 0.15) is 22.9 Å². The van der Waals surface area contributed by atoms with Crippen LogP contribution in [0.3, 0.4) is 0 Å². The molecule has 0 saturated heterocycles. The number of carbonyl (C=O) groups excluding carboxylic acids is 2. The zero-order chi connectivity index (χ0) is 32.1. The van der Waals surface area contributed by atoms with Gasteiger partial charge in [0.05, 0.1) is 23.3 Å². The summed E-state index contributed by atoms with van der Waals surface area (Å²) in [5.74, 6) is 1.30. The first kappa shape index (κ1) is 33.5. The molecule has 2 heterocycles. The average Bonchev–Trinajstić information content (AvgIpc) is 3.58. The summed E-state index contributed by atoms with van der Waals surface area (Å²) in [5.41, 5.74) is 0.879. The van der Waals surface area contributed by atoms with Crippen LogP contribution in [0.2, 0.25) is 0 Å². The number of carbonyl (C=O) groups is 2. The molecule has 44 heavy (non-hydrogen) atoms.